The van der Waals surface area contributed by atoms with Crippen LogP contribution in [0.1, 0.15) is 92.9 Å². The lowest BCUT2D eigenvalue weighted by Gasteiger charge is -2.29. The van der Waals surface area contributed by atoms with E-state index in [1.807, 2.05) is 0 Å². The maximum Gasteiger partial charge on any atom is 0.416 e. The largest absolute Gasteiger partial charge is 0.444 e. The molecule has 1 N–H and O–H groups in total. The lowest BCUT2D eigenvalue weighted by atomic mass is 9.95. The second-order valence-corrected chi connectivity index (χ2v) is 12.2. The Balaban J connectivity index is 1.79. The van der Waals surface area contributed by atoms with Gasteiger partial charge in [-0.05, 0) is 83.2 Å². The van der Waals surface area contributed by atoms with Crippen LogP contribution in [0.2, 0.25) is 0 Å². The molecule has 1 aliphatic carbocycles. The van der Waals surface area contributed by atoms with Crippen molar-refractivity contribution in [3.8, 4) is 11.3 Å². The number of likely N-dealkylation sites (tertiary alicyclic amines) is 1. The lowest BCUT2D eigenvalue weighted by Crippen LogP contribution is -2.41. The van der Waals surface area contributed by atoms with Crippen molar-refractivity contribution in [2.75, 3.05) is 6.54 Å². The molecule has 2 aromatic rings. The van der Waals surface area contributed by atoms with E-state index < -0.39 is 47.1 Å². The molecular formula is C30H37F6N3O3. The number of hydrogen-bond donors (Lipinski definition) is 1. The molecule has 2 aliphatic rings. The fourth-order valence-corrected chi connectivity index (χ4v) is 5.76. The van der Waals surface area contributed by atoms with Crippen molar-refractivity contribution in [2.45, 2.75) is 109 Å². The summed E-state index contributed by atoms with van der Waals surface area (Å²) in [6, 6.07) is 2.29. The molecule has 4 rings (SSSR count). The first-order valence-electron chi connectivity index (χ1n) is 14.2. The number of aromatic nitrogens is 1. The molecule has 1 atom stereocenters. The third-order valence-electron chi connectivity index (χ3n) is 7.83. The molecule has 2 fully saturated rings. The minimum Gasteiger partial charge on any atom is -0.444 e. The van der Waals surface area contributed by atoms with Crippen LogP contribution in [0.15, 0.2) is 24.3 Å². The summed E-state index contributed by atoms with van der Waals surface area (Å²) in [4.78, 5) is 27.8. The predicted octanol–water partition coefficient (Wildman–Crippen LogP) is 7.96. The molecule has 42 heavy (non-hydrogen) atoms. The van der Waals surface area contributed by atoms with Crippen LogP contribution in [0.4, 0.5) is 31.1 Å². The van der Waals surface area contributed by atoms with Gasteiger partial charge in [-0.3, -0.25) is 4.79 Å². The molecule has 1 aliphatic heterocycles. The van der Waals surface area contributed by atoms with Gasteiger partial charge in [0.05, 0.1) is 22.7 Å². The highest BCUT2D eigenvalue weighted by Crippen LogP contribution is 2.40. The number of halogens is 6. The zero-order valence-corrected chi connectivity index (χ0v) is 24.2. The van der Waals surface area contributed by atoms with Gasteiger partial charge in [0.25, 0.3) is 5.91 Å². The molecule has 0 spiro atoms. The summed E-state index contributed by atoms with van der Waals surface area (Å²) < 4.78 is 89.5. The van der Waals surface area contributed by atoms with E-state index in [2.05, 4.69) is 5.32 Å². The van der Waals surface area contributed by atoms with E-state index in [1.54, 1.807) is 32.3 Å². The average Bonchev–Trinajstić information content (AvgIpc) is 3.47. The first-order valence-corrected chi connectivity index (χ1v) is 14.2. The molecule has 2 heterocycles. The van der Waals surface area contributed by atoms with Crippen LogP contribution in [0.25, 0.3) is 11.3 Å². The summed E-state index contributed by atoms with van der Waals surface area (Å²) in [6.07, 6.45) is -4.81. The number of hydrogen-bond acceptors (Lipinski definition) is 3. The van der Waals surface area contributed by atoms with Crippen molar-refractivity contribution in [1.82, 2.24) is 14.8 Å². The molecule has 0 radical (unpaired) electrons. The molecule has 12 heteroatoms. The highest BCUT2D eigenvalue weighted by atomic mass is 19.4. The van der Waals surface area contributed by atoms with Gasteiger partial charge in [0, 0.05) is 30.5 Å². The number of rotatable bonds is 5. The zero-order chi connectivity index (χ0) is 31.0. The quantitative estimate of drug-likeness (QED) is 0.354. The van der Waals surface area contributed by atoms with Crippen molar-refractivity contribution < 1.29 is 40.7 Å². The Morgan fingerprint density at radius 2 is 1.48 bits per heavy atom. The molecule has 1 unspecified atom stereocenters. The molecule has 1 aromatic carbocycles. The Hall–Kier alpha value is -3.18. The molecule has 232 valence electrons. The number of nitrogens with zero attached hydrogens (tertiary/aromatic N) is 2. The number of carbonyl (C=O) groups excluding carboxylic acids is 2. The maximum atomic E-state index is 13.7. The van der Waals surface area contributed by atoms with Crippen LogP contribution < -0.4 is 5.32 Å². The van der Waals surface area contributed by atoms with Crippen LogP contribution in [0.5, 0.6) is 0 Å². The van der Waals surface area contributed by atoms with E-state index in [0.717, 1.165) is 32.1 Å². The molecular weight excluding hydrogens is 564 g/mol. The molecule has 1 aromatic heterocycles. The number of alkyl halides is 6. The predicted molar refractivity (Wildman–Crippen MR) is 145 cm³/mol. The van der Waals surface area contributed by atoms with Gasteiger partial charge in [-0.2, -0.15) is 26.3 Å². The van der Waals surface area contributed by atoms with Crippen molar-refractivity contribution in [2.24, 2.45) is 0 Å². The second-order valence-electron chi connectivity index (χ2n) is 12.2. The normalized spacial score (nSPS) is 18.8. The maximum absolute atomic E-state index is 13.7. The second kappa shape index (κ2) is 11.8. The highest BCUT2D eigenvalue weighted by molar-refractivity contribution is 5.97. The molecule has 0 bridgehead atoms. The Kier molecular flexibility index (Phi) is 8.95. The third kappa shape index (κ3) is 7.42. The summed E-state index contributed by atoms with van der Waals surface area (Å²) >= 11 is 0. The number of amides is 2. The SMILES string of the molecule is Cc1c(C(=O)NC2CCCCC2)cc(-c2cc(C(F)(F)F)cc(C(F)(F)F)c2)n1CC1CCCN1C(=O)OC(C)(C)C. The van der Waals surface area contributed by atoms with E-state index in [0.29, 0.717) is 37.2 Å². The summed E-state index contributed by atoms with van der Waals surface area (Å²) in [7, 11) is 0. The molecule has 1 saturated carbocycles. The van der Waals surface area contributed by atoms with Gasteiger partial charge in [-0.15, -0.1) is 0 Å². The summed E-state index contributed by atoms with van der Waals surface area (Å²) in [6.45, 7) is 7.26. The summed E-state index contributed by atoms with van der Waals surface area (Å²) in [5.74, 6) is -0.433. The van der Waals surface area contributed by atoms with Crippen molar-refractivity contribution >= 4 is 12.0 Å². The molecule has 1 saturated heterocycles. The smallest absolute Gasteiger partial charge is 0.416 e. The Morgan fingerprint density at radius 3 is 2.02 bits per heavy atom. The Bertz CT molecular complexity index is 1270. The van der Waals surface area contributed by atoms with Crippen LogP contribution in [0, 0.1) is 6.92 Å². The first-order chi connectivity index (χ1) is 19.4. The van der Waals surface area contributed by atoms with Gasteiger partial charge in [0.1, 0.15) is 5.60 Å². The van der Waals surface area contributed by atoms with Gasteiger partial charge in [-0.1, -0.05) is 19.3 Å². The van der Waals surface area contributed by atoms with Crippen LogP contribution in [-0.4, -0.2) is 45.7 Å². The van der Waals surface area contributed by atoms with Crippen LogP contribution >= 0.6 is 0 Å². The van der Waals surface area contributed by atoms with Crippen LogP contribution in [0.3, 0.4) is 0 Å². The highest BCUT2D eigenvalue weighted by Gasteiger charge is 2.38. The summed E-state index contributed by atoms with van der Waals surface area (Å²) in [5.41, 5.74) is -3.37. The standard InChI is InChI=1S/C30H37F6N3O3/c1-18-24(26(40)37-22-9-6-5-7-10-22)16-25(19-13-20(29(31,32)33)15-21(14-19)30(34,35)36)39(18)17-23-11-8-12-38(23)27(41)42-28(2,3)4/h13-16,22-23H,5-12,17H2,1-4H3,(H,37,40). The van der Waals surface area contributed by atoms with Gasteiger partial charge >= 0.3 is 18.4 Å². The van der Waals surface area contributed by atoms with Crippen molar-refractivity contribution in [3.05, 3.63) is 46.6 Å². The summed E-state index contributed by atoms with van der Waals surface area (Å²) in [5, 5.41) is 2.99. The monoisotopic (exact) mass is 601 g/mol. The Morgan fingerprint density at radius 1 is 0.881 bits per heavy atom. The van der Waals surface area contributed by atoms with Gasteiger partial charge in [0.15, 0.2) is 0 Å². The third-order valence-corrected chi connectivity index (χ3v) is 7.83. The van der Waals surface area contributed by atoms with Crippen molar-refractivity contribution in [1.29, 1.82) is 0 Å². The lowest BCUT2D eigenvalue weighted by molar-refractivity contribution is -0.143. The zero-order valence-electron chi connectivity index (χ0n) is 24.2. The molecule has 2 amide bonds. The van der Waals surface area contributed by atoms with E-state index >= 15 is 0 Å². The van der Waals surface area contributed by atoms with Crippen molar-refractivity contribution in [3.63, 3.8) is 0 Å². The van der Waals surface area contributed by atoms with E-state index in [9.17, 15) is 35.9 Å². The van der Waals surface area contributed by atoms with Gasteiger partial charge < -0.3 is 19.5 Å². The van der Waals surface area contributed by atoms with E-state index in [1.165, 1.54) is 11.0 Å². The average molecular weight is 602 g/mol. The number of benzene rings is 1. The topological polar surface area (TPSA) is 63.6 Å². The minimum absolute atomic E-state index is 0.0360. The first kappa shape index (κ1) is 31.7. The molecule has 6 nitrogen and oxygen atoms in total. The van der Waals surface area contributed by atoms with E-state index in [-0.39, 0.29) is 35.5 Å². The number of ether oxygens (including phenoxy) is 1. The van der Waals surface area contributed by atoms with Crippen LogP contribution in [-0.2, 0) is 23.6 Å². The fourth-order valence-electron chi connectivity index (χ4n) is 5.76. The van der Waals surface area contributed by atoms with Gasteiger partial charge in [0.2, 0.25) is 0 Å². The number of carbonyl (C=O) groups is 2. The fraction of sp³-hybridized carbons (Fsp3) is 0.600. The Labute approximate surface area is 241 Å². The number of nitrogens with one attached hydrogen (secondary N) is 1. The van der Waals surface area contributed by atoms with Gasteiger partial charge in [-0.25, -0.2) is 4.79 Å². The van der Waals surface area contributed by atoms with E-state index in [4.69, 9.17) is 4.74 Å². The minimum atomic E-state index is -5.03.